The van der Waals surface area contributed by atoms with E-state index in [-0.39, 0.29) is 11.8 Å². The van der Waals surface area contributed by atoms with E-state index in [2.05, 4.69) is 13.5 Å². The molecule has 1 spiro atoms. The van der Waals surface area contributed by atoms with Crippen molar-refractivity contribution in [2.45, 2.75) is 168 Å². The van der Waals surface area contributed by atoms with E-state index < -0.39 is 152 Å². The summed E-state index contributed by atoms with van der Waals surface area (Å²) < 4.78 is 36.3. The molecule has 8 aliphatic rings. The standard InChI is InChI=1S/C39H60O18/c1-16-11-37-9-5-21-35(2,7-4-8-36(21,3)34(51)56-33-29(49)28(48)24(44)18(13-41)55-33)22(37)6-10-38(16)39(37,57-38)32-30(50)31(26(46)19(14-42)54-32)52-15-20-25(45)27(47)23(43)17(12-40)53-20/h17-33,40-50H,1,4-15H2,2-3H3. The molecule has 0 radical (unpaired) electrons. The Morgan fingerprint density at radius 1 is 0.702 bits per heavy atom. The Hall–Kier alpha value is -1.43. The van der Waals surface area contributed by atoms with Crippen LogP contribution in [0.1, 0.15) is 65.2 Å². The van der Waals surface area contributed by atoms with E-state index in [9.17, 15) is 61.0 Å². The van der Waals surface area contributed by atoms with E-state index >= 15 is 0 Å². The quantitative estimate of drug-likeness (QED) is 0.0612. The summed E-state index contributed by atoms with van der Waals surface area (Å²) in [5.74, 6) is -0.924. The maximum absolute atomic E-state index is 14.3. The third kappa shape index (κ3) is 5.71. The lowest BCUT2D eigenvalue weighted by atomic mass is 9.38. The minimum absolute atomic E-state index is 0.0815. The molecule has 4 aliphatic heterocycles. The third-order valence-electron chi connectivity index (χ3n) is 16.1. The van der Waals surface area contributed by atoms with Gasteiger partial charge in [-0.05, 0) is 74.7 Å². The molecule has 11 N–H and O–H groups in total. The Morgan fingerprint density at radius 2 is 1.30 bits per heavy atom. The van der Waals surface area contributed by atoms with Crippen LogP contribution in [0.2, 0.25) is 0 Å². The number of ether oxygens (including phenoxy) is 6. The van der Waals surface area contributed by atoms with Gasteiger partial charge in [0, 0.05) is 5.41 Å². The lowest BCUT2D eigenvalue weighted by molar-refractivity contribution is -0.299. The Bertz CT molecular complexity index is 1550. The summed E-state index contributed by atoms with van der Waals surface area (Å²) in [4.78, 5) is 14.3. The molecule has 57 heavy (non-hydrogen) atoms. The number of esters is 1. The van der Waals surface area contributed by atoms with E-state index in [0.717, 1.165) is 18.4 Å². The van der Waals surface area contributed by atoms with Crippen molar-refractivity contribution < 1.29 is 89.4 Å². The Kier molecular flexibility index (Phi) is 10.8. The summed E-state index contributed by atoms with van der Waals surface area (Å²) in [5.41, 5.74) is -3.33. The molecule has 22 atom stereocenters. The van der Waals surface area contributed by atoms with Crippen LogP contribution in [0.4, 0.5) is 0 Å². The van der Waals surface area contributed by atoms with Crippen molar-refractivity contribution in [1.29, 1.82) is 0 Å². The monoisotopic (exact) mass is 816 g/mol. The fraction of sp³-hybridized carbons (Fsp3) is 0.923. The summed E-state index contributed by atoms with van der Waals surface area (Å²) in [5, 5.41) is 116. The van der Waals surface area contributed by atoms with Crippen molar-refractivity contribution >= 4 is 5.97 Å². The molecular formula is C39H60O18. The number of fused-ring (bicyclic) bond motifs is 2. The van der Waals surface area contributed by atoms with Crippen LogP contribution >= 0.6 is 0 Å². The number of hydrogen-bond acceptors (Lipinski definition) is 18. The molecule has 0 amide bonds. The highest BCUT2D eigenvalue weighted by Crippen LogP contribution is 2.85. The summed E-state index contributed by atoms with van der Waals surface area (Å²) in [7, 11) is 0. The Balaban J connectivity index is 1.07. The normalized spacial score (nSPS) is 57.0. The zero-order valence-electron chi connectivity index (χ0n) is 32.3. The number of rotatable bonds is 9. The minimum Gasteiger partial charge on any atom is -0.432 e. The summed E-state index contributed by atoms with van der Waals surface area (Å²) >= 11 is 0. The van der Waals surface area contributed by atoms with Crippen LogP contribution in [-0.2, 0) is 33.2 Å². The maximum Gasteiger partial charge on any atom is 0.314 e. The van der Waals surface area contributed by atoms with Crippen molar-refractivity contribution in [3.05, 3.63) is 12.2 Å². The van der Waals surface area contributed by atoms with Crippen LogP contribution in [0.25, 0.3) is 0 Å². The molecule has 0 aromatic rings. The highest BCUT2D eigenvalue weighted by Gasteiger charge is 2.92. The van der Waals surface area contributed by atoms with Crippen molar-refractivity contribution in [2.24, 2.45) is 28.1 Å². The fourth-order valence-electron chi connectivity index (χ4n) is 13.3. The van der Waals surface area contributed by atoms with Crippen LogP contribution in [-0.4, -0.2) is 192 Å². The maximum atomic E-state index is 14.3. The number of carbonyl (C=O) groups excluding carboxylic acids is 1. The smallest absolute Gasteiger partial charge is 0.314 e. The molecule has 4 aliphatic carbocycles. The van der Waals surface area contributed by atoms with Gasteiger partial charge >= 0.3 is 5.97 Å². The van der Waals surface area contributed by atoms with Crippen molar-refractivity contribution in [3.8, 4) is 0 Å². The van der Waals surface area contributed by atoms with Crippen molar-refractivity contribution in [1.82, 2.24) is 0 Å². The van der Waals surface area contributed by atoms with Crippen molar-refractivity contribution in [2.75, 3.05) is 26.4 Å². The molecule has 4 heterocycles. The van der Waals surface area contributed by atoms with Gasteiger partial charge in [0.15, 0.2) is 0 Å². The van der Waals surface area contributed by atoms with Gasteiger partial charge in [-0.3, -0.25) is 4.79 Å². The molecular weight excluding hydrogens is 756 g/mol. The Labute approximate surface area is 329 Å². The lowest BCUT2D eigenvalue weighted by Gasteiger charge is -2.65. The second-order valence-corrected chi connectivity index (χ2v) is 18.6. The molecule has 324 valence electrons. The van der Waals surface area contributed by atoms with Gasteiger partial charge in [-0.25, -0.2) is 0 Å². The van der Waals surface area contributed by atoms with Gasteiger partial charge in [-0.15, -0.1) is 0 Å². The van der Waals surface area contributed by atoms with Crippen LogP contribution in [0.5, 0.6) is 0 Å². The number of aliphatic hydroxyl groups is 11. The molecule has 18 heteroatoms. The van der Waals surface area contributed by atoms with Gasteiger partial charge in [0.1, 0.15) is 96.7 Å². The average Bonchev–Trinajstić information content (AvgIpc) is 3.88. The van der Waals surface area contributed by atoms with E-state index in [0.29, 0.717) is 38.5 Å². The largest absolute Gasteiger partial charge is 0.432 e. The van der Waals surface area contributed by atoms with Crippen LogP contribution in [0.15, 0.2) is 12.2 Å². The van der Waals surface area contributed by atoms with Gasteiger partial charge in [-0.1, -0.05) is 19.9 Å². The average molecular weight is 817 g/mol. The van der Waals surface area contributed by atoms with Crippen LogP contribution < -0.4 is 0 Å². The fourth-order valence-corrected chi connectivity index (χ4v) is 13.3. The number of hydrogen-bond donors (Lipinski definition) is 11. The molecule has 18 nitrogen and oxygen atoms in total. The third-order valence-corrected chi connectivity index (χ3v) is 16.1. The predicted octanol–water partition coefficient (Wildman–Crippen LogP) is -3.49. The van der Waals surface area contributed by atoms with E-state index in [1.165, 1.54) is 0 Å². The molecule has 4 saturated heterocycles. The first-order valence-electron chi connectivity index (χ1n) is 20.4. The van der Waals surface area contributed by atoms with Gasteiger partial charge < -0.3 is 84.6 Å². The molecule has 22 unspecified atom stereocenters. The van der Waals surface area contributed by atoms with Gasteiger partial charge in [0.25, 0.3) is 0 Å². The topological polar surface area (TPSA) is 298 Å². The molecule has 2 bridgehead atoms. The molecule has 8 fully saturated rings. The first-order valence-corrected chi connectivity index (χ1v) is 20.4. The number of carbonyl (C=O) groups is 1. The number of aliphatic hydroxyl groups excluding tert-OH is 11. The second kappa shape index (κ2) is 14.6. The first kappa shape index (κ1) is 42.3. The summed E-state index contributed by atoms with van der Waals surface area (Å²) in [6, 6.07) is 0. The molecule has 8 rings (SSSR count). The van der Waals surface area contributed by atoms with Gasteiger partial charge in [0.2, 0.25) is 6.29 Å². The highest BCUT2D eigenvalue weighted by atomic mass is 16.7. The van der Waals surface area contributed by atoms with Crippen molar-refractivity contribution in [3.63, 3.8) is 0 Å². The summed E-state index contributed by atoms with van der Waals surface area (Å²) in [6.07, 6.45) is -17.1. The SMILES string of the molecule is C=C1CC23CCC4C(C)(C(=O)OC5OC(CO)C(O)C(O)C5O)CCCC4(C)C2CCC12OC23C1OC(CO)C(O)C(OCC2OC(CO)C(O)C(O)C2O)C1O. The zero-order valence-corrected chi connectivity index (χ0v) is 32.3. The van der Waals surface area contributed by atoms with E-state index in [1.807, 2.05) is 6.92 Å². The van der Waals surface area contributed by atoms with Crippen LogP contribution in [0, 0.1) is 28.1 Å². The van der Waals surface area contributed by atoms with E-state index in [4.69, 9.17) is 28.4 Å². The van der Waals surface area contributed by atoms with E-state index in [1.54, 1.807) is 0 Å². The number of epoxide rings is 1. The minimum atomic E-state index is -1.74. The molecule has 0 aromatic carbocycles. The highest BCUT2D eigenvalue weighted by molar-refractivity contribution is 5.77. The van der Waals surface area contributed by atoms with Gasteiger partial charge in [-0.2, -0.15) is 0 Å². The second-order valence-electron chi connectivity index (χ2n) is 18.6. The summed E-state index contributed by atoms with van der Waals surface area (Å²) in [6.45, 7) is 6.11. The molecule has 4 saturated carbocycles. The van der Waals surface area contributed by atoms with Gasteiger partial charge in [0.05, 0.1) is 31.8 Å². The lowest BCUT2D eigenvalue weighted by Crippen LogP contribution is -2.70. The predicted molar refractivity (Wildman–Crippen MR) is 189 cm³/mol. The Morgan fingerprint density at radius 3 is 1.96 bits per heavy atom. The first-order chi connectivity index (χ1) is 26.9. The zero-order chi connectivity index (χ0) is 41.2. The molecule has 0 aromatic heterocycles. The van der Waals surface area contributed by atoms with Crippen LogP contribution in [0.3, 0.4) is 0 Å².